The Kier molecular flexibility index (Phi) is 18.8. The van der Waals surface area contributed by atoms with Gasteiger partial charge in [-0.2, -0.15) is 7.82 Å². The average Bonchev–Trinajstić information content (AvgIpc) is 2.25. The third-order valence-corrected chi connectivity index (χ3v) is 6.26. The normalized spacial score (nSPS) is 11.8. The van der Waals surface area contributed by atoms with Crippen molar-refractivity contribution in [1.29, 1.82) is 0 Å². The first-order valence-electron chi connectivity index (χ1n) is 6.67. The van der Waals surface area contributed by atoms with Gasteiger partial charge in [0, 0.05) is 0 Å². The van der Waals surface area contributed by atoms with Crippen molar-refractivity contribution in [3.05, 3.63) is 0 Å². The lowest BCUT2D eigenvalue weighted by molar-refractivity contribution is -0.432. The largest absolute Gasteiger partial charge is 0.822 e. The molecule has 0 spiro atoms. The van der Waals surface area contributed by atoms with Gasteiger partial charge in [0.1, 0.15) is 54.8 Å². The van der Waals surface area contributed by atoms with Crippen LogP contribution in [0, 0.1) is 0 Å². The summed E-state index contributed by atoms with van der Waals surface area (Å²) in [5.41, 5.74) is 0. The van der Waals surface area contributed by atoms with E-state index in [1.807, 2.05) is 20.8 Å². The lowest BCUT2D eigenvalue weighted by atomic mass is 11.0. The van der Waals surface area contributed by atoms with E-state index < -0.39 is 37.6 Å². The molecule has 0 N–H and O–H groups in total. The molecule has 0 aliphatic carbocycles. The highest BCUT2D eigenvalue weighted by Crippen LogP contribution is 2.03. The van der Waals surface area contributed by atoms with E-state index in [0.29, 0.717) is 0 Å². The Bertz CT molecular complexity index is 395. The van der Waals surface area contributed by atoms with Crippen LogP contribution in [0.2, 0.25) is 0 Å². The zero-order valence-corrected chi connectivity index (χ0v) is 19.0. The highest BCUT2D eigenvalue weighted by Gasteiger charge is 2.05. The van der Waals surface area contributed by atoms with E-state index in [1.165, 1.54) is 0 Å². The molecule has 0 atom stereocenters. The maximum Gasteiger partial charge on any atom is 0.108 e. The van der Waals surface area contributed by atoms with Gasteiger partial charge in [-0.1, -0.05) is 0 Å². The molecule has 0 unspecified atom stereocenters. The summed E-state index contributed by atoms with van der Waals surface area (Å²) in [5.74, 6) is 2.40. The summed E-state index contributed by atoms with van der Waals surface area (Å²) >= 11 is 0. The molecule has 0 fully saturated rings. The second kappa shape index (κ2) is 13.8. The van der Waals surface area contributed by atoms with Gasteiger partial charge in [0.05, 0.1) is 29.8 Å². The molecule has 146 valence electrons. The van der Waals surface area contributed by atoms with Crippen molar-refractivity contribution in [2.75, 3.05) is 54.8 Å². The first kappa shape index (κ1) is 31.3. The van der Waals surface area contributed by atoms with Crippen molar-refractivity contribution in [2.45, 2.75) is 20.8 Å². The van der Waals surface area contributed by atoms with Crippen LogP contribution in [0.25, 0.3) is 0 Å². The molecule has 0 rings (SSSR count). The third-order valence-electron chi connectivity index (χ3n) is 2.09. The smallest absolute Gasteiger partial charge is 0.108 e. The van der Waals surface area contributed by atoms with Crippen LogP contribution < -0.4 is 14.7 Å². The number of phosphoric acid groups is 1. The molecule has 0 bridgehead atoms. The standard InChI is InChI=1S/3C4H11OS.H3O4P/c3*1-4-6(2,3)5;1-5(2,3)4/h3*4H2,1-3H3;(H3,1,2,3,4)/q3*+1;/p-3. The minimum atomic E-state index is -5.39. The van der Waals surface area contributed by atoms with E-state index in [2.05, 4.69) is 0 Å². The zero-order valence-electron chi connectivity index (χ0n) is 15.7. The van der Waals surface area contributed by atoms with Gasteiger partial charge < -0.3 is 19.2 Å². The number of hydrogen-bond donors (Lipinski definition) is 0. The van der Waals surface area contributed by atoms with Crippen molar-refractivity contribution in [3.8, 4) is 0 Å². The van der Waals surface area contributed by atoms with Gasteiger partial charge in [-0.15, -0.1) is 12.6 Å². The van der Waals surface area contributed by atoms with Crippen LogP contribution in [-0.2, 0) is 47.0 Å². The van der Waals surface area contributed by atoms with Crippen LogP contribution in [-0.4, -0.2) is 54.8 Å². The summed E-state index contributed by atoms with van der Waals surface area (Å²) in [6.07, 6.45) is 10.6. The Morgan fingerprint density at radius 2 is 0.652 bits per heavy atom. The Morgan fingerprint density at radius 1 is 0.609 bits per heavy atom. The summed E-state index contributed by atoms with van der Waals surface area (Å²) < 4.78 is 40.2. The van der Waals surface area contributed by atoms with Crippen molar-refractivity contribution in [1.82, 2.24) is 0 Å². The Balaban J connectivity index is -0.000000105. The summed E-state index contributed by atoms with van der Waals surface area (Å²) in [6, 6.07) is 0. The summed E-state index contributed by atoms with van der Waals surface area (Å²) in [5, 5.41) is 0. The van der Waals surface area contributed by atoms with E-state index >= 15 is 0 Å². The van der Waals surface area contributed by atoms with Gasteiger partial charge in [-0.05, 0) is 20.8 Å². The molecule has 0 aromatic heterocycles. The lowest BCUT2D eigenvalue weighted by Crippen LogP contribution is -2.24. The molecular weight excluding hydrogens is 383 g/mol. The van der Waals surface area contributed by atoms with Gasteiger partial charge in [-0.3, -0.25) is 0 Å². The topological polar surface area (TPSA) is 137 Å². The fourth-order valence-corrected chi connectivity index (χ4v) is 0. The zero-order chi connectivity index (χ0) is 20.1. The fraction of sp³-hybridized carbons (Fsp3) is 1.00. The minimum Gasteiger partial charge on any atom is -0.822 e. The summed E-state index contributed by atoms with van der Waals surface area (Å²) in [7, 11) is -9.62. The van der Waals surface area contributed by atoms with Crippen molar-refractivity contribution < 1.29 is 31.9 Å². The molecule has 0 heterocycles. The molecule has 23 heavy (non-hydrogen) atoms. The third kappa shape index (κ3) is 104. The Morgan fingerprint density at radius 3 is 0.652 bits per heavy atom. The van der Waals surface area contributed by atoms with E-state index in [4.69, 9.17) is 19.2 Å². The van der Waals surface area contributed by atoms with E-state index in [-0.39, 0.29) is 0 Å². The molecule has 0 aromatic rings. The monoisotopic (exact) mass is 416 g/mol. The summed E-state index contributed by atoms with van der Waals surface area (Å²) in [4.78, 5) is 25.6. The molecule has 11 heteroatoms. The molecule has 0 aromatic carbocycles. The predicted molar refractivity (Wildman–Crippen MR) is 98.9 cm³/mol. The lowest BCUT2D eigenvalue weighted by Gasteiger charge is -2.36. The van der Waals surface area contributed by atoms with Crippen molar-refractivity contribution in [2.24, 2.45) is 0 Å². The van der Waals surface area contributed by atoms with Crippen LogP contribution in [0.4, 0.5) is 0 Å². The van der Waals surface area contributed by atoms with Gasteiger partial charge in [0.25, 0.3) is 0 Å². The quantitative estimate of drug-likeness (QED) is 0.445. The second-order valence-electron chi connectivity index (χ2n) is 5.62. The van der Waals surface area contributed by atoms with E-state index in [9.17, 15) is 12.6 Å². The first-order chi connectivity index (χ1) is 9.68. The van der Waals surface area contributed by atoms with Gasteiger partial charge in [-0.25, -0.2) is 0 Å². The van der Waals surface area contributed by atoms with Crippen LogP contribution in [0.15, 0.2) is 0 Å². The molecule has 0 saturated carbocycles. The highest BCUT2D eigenvalue weighted by atomic mass is 32.2. The predicted octanol–water partition coefficient (Wildman–Crippen LogP) is -0.528. The first-order valence-corrected chi connectivity index (χ1v) is 15.8. The van der Waals surface area contributed by atoms with Crippen LogP contribution in [0.5, 0.6) is 0 Å². The fourth-order valence-electron chi connectivity index (χ4n) is 0. The number of hydrogen-bond acceptors (Lipinski definition) is 7. The Labute approximate surface area is 145 Å². The van der Waals surface area contributed by atoms with Crippen LogP contribution >= 0.6 is 7.82 Å². The molecule has 0 amide bonds. The molecule has 0 aliphatic rings. The second-order valence-corrected chi connectivity index (χ2v) is 16.9. The maximum atomic E-state index is 10.6. The maximum absolute atomic E-state index is 10.6. The van der Waals surface area contributed by atoms with Crippen molar-refractivity contribution in [3.63, 3.8) is 0 Å². The molecule has 0 radical (unpaired) electrons. The Hall–Kier alpha value is 0.560. The van der Waals surface area contributed by atoms with Crippen LogP contribution in [0.1, 0.15) is 20.8 Å². The highest BCUT2D eigenvalue weighted by molar-refractivity contribution is 8.02. The van der Waals surface area contributed by atoms with E-state index in [0.717, 1.165) is 17.3 Å². The molecule has 0 saturated heterocycles. The number of rotatable bonds is 3. The summed E-state index contributed by atoms with van der Waals surface area (Å²) in [6.45, 7) is 5.80. The molecule has 7 nitrogen and oxygen atoms in total. The van der Waals surface area contributed by atoms with Gasteiger partial charge in [0.2, 0.25) is 0 Å². The van der Waals surface area contributed by atoms with Gasteiger partial charge >= 0.3 is 0 Å². The molecule has 0 aliphatic heterocycles. The average molecular weight is 417 g/mol. The SMILES string of the molecule is CC[S+](C)(C)=O.CC[S+](C)(C)=O.CC[S+](C)(C)=O.O=P([O-])([O-])[O-]. The van der Waals surface area contributed by atoms with E-state index in [1.54, 1.807) is 37.5 Å². The van der Waals surface area contributed by atoms with Crippen LogP contribution in [0.3, 0.4) is 0 Å². The minimum absolute atomic E-state index is 0.799. The molecular formula is C12H33O7PS3. The van der Waals surface area contributed by atoms with Gasteiger partial charge in [0.15, 0.2) is 0 Å². The van der Waals surface area contributed by atoms with Crippen molar-refractivity contribution >= 4 is 37.6 Å².